The number of para-hydroxylation sites is 1. The molecule has 2 aromatic carbocycles. The maximum atomic E-state index is 12.0. The molecule has 0 spiro atoms. The minimum absolute atomic E-state index is 0.112. The molecule has 144 valence electrons. The van der Waals surface area contributed by atoms with Crippen LogP contribution in [0.15, 0.2) is 39.9 Å². The average Bonchev–Trinajstić information content (AvgIpc) is 2.63. The van der Waals surface area contributed by atoms with Crippen LogP contribution in [0.1, 0.15) is 23.6 Å². The number of amides is 1. The Labute approximate surface area is 167 Å². The number of carbonyl (C=O) groups excluding carboxylic acids is 1. The van der Waals surface area contributed by atoms with Gasteiger partial charge in [-0.3, -0.25) is 4.79 Å². The fraction of sp³-hybridized carbons (Fsp3) is 0.300. The van der Waals surface area contributed by atoms with E-state index < -0.39 is 0 Å². The Bertz CT molecular complexity index is 817. The first kappa shape index (κ1) is 20.8. The number of nitrogens with zero attached hydrogens (tertiary/aromatic N) is 1. The minimum Gasteiger partial charge on any atom is -0.493 e. The third-order valence-corrected chi connectivity index (χ3v) is 4.29. The summed E-state index contributed by atoms with van der Waals surface area (Å²) in [6, 6.07) is 9.44. The van der Waals surface area contributed by atoms with Crippen LogP contribution < -0.4 is 19.6 Å². The predicted molar refractivity (Wildman–Crippen MR) is 109 cm³/mol. The summed E-state index contributed by atoms with van der Waals surface area (Å²) in [7, 11) is 1.57. The minimum atomic E-state index is -0.342. The molecule has 2 rings (SSSR count). The highest BCUT2D eigenvalue weighted by atomic mass is 79.9. The molecule has 0 bridgehead atoms. The molecule has 0 aliphatic carbocycles. The number of methoxy groups -OCH3 is 1. The predicted octanol–water partition coefficient (Wildman–Crippen LogP) is 4.00. The van der Waals surface area contributed by atoms with Crippen LogP contribution in [0.4, 0.5) is 0 Å². The lowest BCUT2D eigenvalue weighted by atomic mass is 10.1. The SMILES string of the molecule is CCOc1c(Br)cc(/C=N/NC(=O)COc2c(C)cccc2C)cc1OC. The van der Waals surface area contributed by atoms with Crippen molar-refractivity contribution in [3.05, 3.63) is 51.5 Å². The Morgan fingerprint density at radius 1 is 1.19 bits per heavy atom. The van der Waals surface area contributed by atoms with E-state index in [2.05, 4.69) is 26.5 Å². The zero-order valence-electron chi connectivity index (χ0n) is 15.8. The molecule has 1 N–H and O–H groups in total. The van der Waals surface area contributed by atoms with Gasteiger partial charge in [-0.25, -0.2) is 5.43 Å². The van der Waals surface area contributed by atoms with Crippen molar-refractivity contribution >= 4 is 28.1 Å². The molecule has 0 radical (unpaired) electrons. The highest BCUT2D eigenvalue weighted by molar-refractivity contribution is 9.10. The van der Waals surface area contributed by atoms with Gasteiger partial charge in [-0.15, -0.1) is 0 Å². The normalized spacial score (nSPS) is 10.7. The largest absolute Gasteiger partial charge is 0.493 e. The molecule has 0 aliphatic heterocycles. The van der Waals surface area contributed by atoms with Crippen molar-refractivity contribution in [1.29, 1.82) is 0 Å². The molecule has 7 heteroatoms. The van der Waals surface area contributed by atoms with E-state index in [0.717, 1.165) is 26.9 Å². The van der Waals surface area contributed by atoms with Gasteiger partial charge in [-0.2, -0.15) is 5.10 Å². The highest BCUT2D eigenvalue weighted by Gasteiger charge is 2.11. The first-order chi connectivity index (χ1) is 13.0. The molecular weight excluding hydrogens is 412 g/mol. The van der Waals surface area contributed by atoms with Crippen LogP contribution in [0.5, 0.6) is 17.2 Å². The molecule has 0 fully saturated rings. The average molecular weight is 435 g/mol. The van der Waals surface area contributed by atoms with Crippen LogP contribution in [0, 0.1) is 13.8 Å². The Balaban J connectivity index is 1.96. The van der Waals surface area contributed by atoms with Crippen molar-refractivity contribution < 1.29 is 19.0 Å². The maximum Gasteiger partial charge on any atom is 0.277 e. The number of hydrazone groups is 1. The van der Waals surface area contributed by atoms with E-state index in [-0.39, 0.29) is 12.5 Å². The van der Waals surface area contributed by atoms with Crippen LogP contribution in [-0.2, 0) is 4.79 Å². The van der Waals surface area contributed by atoms with E-state index >= 15 is 0 Å². The summed E-state index contributed by atoms with van der Waals surface area (Å²) in [4.78, 5) is 12.0. The Hall–Kier alpha value is -2.54. The molecule has 0 aliphatic rings. The van der Waals surface area contributed by atoms with Crippen LogP contribution in [-0.4, -0.2) is 32.4 Å². The summed E-state index contributed by atoms with van der Waals surface area (Å²) in [6.45, 7) is 6.19. The van der Waals surface area contributed by atoms with Crippen LogP contribution in [0.2, 0.25) is 0 Å². The number of carbonyl (C=O) groups is 1. The monoisotopic (exact) mass is 434 g/mol. The van der Waals surface area contributed by atoms with Gasteiger partial charge < -0.3 is 14.2 Å². The zero-order chi connectivity index (χ0) is 19.8. The smallest absolute Gasteiger partial charge is 0.277 e. The summed E-state index contributed by atoms with van der Waals surface area (Å²) in [6.07, 6.45) is 1.53. The van der Waals surface area contributed by atoms with Gasteiger partial charge in [0, 0.05) is 0 Å². The van der Waals surface area contributed by atoms with Crippen molar-refractivity contribution in [2.45, 2.75) is 20.8 Å². The number of benzene rings is 2. The number of nitrogens with one attached hydrogen (secondary N) is 1. The van der Waals surface area contributed by atoms with Crippen molar-refractivity contribution in [1.82, 2.24) is 5.43 Å². The Morgan fingerprint density at radius 3 is 2.52 bits per heavy atom. The molecule has 0 saturated heterocycles. The number of hydrogen-bond acceptors (Lipinski definition) is 5. The van der Waals surface area contributed by atoms with Gasteiger partial charge in [0.15, 0.2) is 18.1 Å². The van der Waals surface area contributed by atoms with Crippen molar-refractivity contribution in [2.24, 2.45) is 5.10 Å². The Morgan fingerprint density at radius 2 is 1.89 bits per heavy atom. The topological polar surface area (TPSA) is 69.2 Å². The molecule has 0 aromatic heterocycles. The van der Waals surface area contributed by atoms with E-state index in [1.54, 1.807) is 13.2 Å². The van der Waals surface area contributed by atoms with Gasteiger partial charge in [0.1, 0.15) is 5.75 Å². The second-order valence-corrected chi connectivity index (χ2v) is 6.62. The highest BCUT2D eigenvalue weighted by Crippen LogP contribution is 2.36. The lowest BCUT2D eigenvalue weighted by Gasteiger charge is -2.12. The summed E-state index contributed by atoms with van der Waals surface area (Å²) >= 11 is 3.45. The fourth-order valence-electron chi connectivity index (χ4n) is 2.47. The van der Waals surface area contributed by atoms with Gasteiger partial charge in [0.05, 0.1) is 24.4 Å². The molecule has 0 heterocycles. The number of rotatable bonds is 8. The molecule has 0 unspecified atom stereocenters. The molecule has 2 aromatic rings. The van der Waals surface area contributed by atoms with Gasteiger partial charge in [0.25, 0.3) is 5.91 Å². The molecular formula is C20H23BrN2O4. The molecule has 6 nitrogen and oxygen atoms in total. The maximum absolute atomic E-state index is 12.0. The molecule has 0 saturated carbocycles. The van der Waals surface area contributed by atoms with Gasteiger partial charge in [0.2, 0.25) is 0 Å². The van der Waals surface area contributed by atoms with Gasteiger partial charge in [-0.05, 0) is 65.5 Å². The molecule has 1 amide bonds. The summed E-state index contributed by atoms with van der Waals surface area (Å²) < 4.78 is 17.2. The second-order valence-electron chi connectivity index (χ2n) is 5.77. The first-order valence-corrected chi connectivity index (χ1v) is 9.26. The second kappa shape index (κ2) is 9.97. The van der Waals surface area contributed by atoms with Crippen molar-refractivity contribution in [3.63, 3.8) is 0 Å². The van der Waals surface area contributed by atoms with E-state index in [0.29, 0.717) is 18.1 Å². The molecule has 0 atom stereocenters. The van der Waals surface area contributed by atoms with E-state index in [1.165, 1.54) is 6.21 Å². The lowest BCUT2D eigenvalue weighted by molar-refractivity contribution is -0.123. The lowest BCUT2D eigenvalue weighted by Crippen LogP contribution is -2.25. The van der Waals surface area contributed by atoms with E-state index in [4.69, 9.17) is 14.2 Å². The number of ether oxygens (including phenoxy) is 3. The number of hydrogen-bond donors (Lipinski definition) is 1. The van der Waals surface area contributed by atoms with Crippen LogP contribution in [0.25, 0.3) is 0 Å². The van der Waals surface area contributed by atoms with Crippen molar-refractivity contribution in [3.8, 4) is 17.2 Å². The van der Waals surface area contributed by atoms with Crippen LogP contribution >= 0.6 is 15.9 Å². The Kier molecular flexibility index (Phi) is 7.67. The molecule has 27 heavy (non-hydrogen) atoms. The summed E-state index contributed by atoms with van der Waals surface area (Å²) in [5.74, 6) is 1.59. The van der Waals surface area contributed by atoms with Gasteiger partial charge >= 0.3 is 0 Å². The van der Waals surface area contributed by atoms with Gasteiger partial charge in [-0.1, -0.05) is 18.2 Å². The number of halogens is 1. The standard InChI is InChI=1S/C20H23BrN2O4/c1-5-26-20-16(21)9-15(10-17(20)25-4)11-22-23-18(24)12-27-19-13(2)7-6-8-14(19)3/h6-11H,5,12H2,1-4H3,(H,23,24)/b22-11+. The third-order valence-electron chi connectivity index (χ3n) is 3.70. The van der Waals surface area contributed by atoms with Crippen molar-refractivity contribution in [2.75, 3.05) is 20.3 Å². The third kappa shape index (κ3) is 5.72. The summed E-state index contributed by atoms with van der Waals surface area (Å²) in [5.41, 5.74) is 5.17. The summed E-state index contributed by atoms with van der Waals surface area (Å²) in [5, 5.41) is 3.97. The quantitative estimate of drug-likeness (QED) is 0.503. The number of aryl methyl sites for hydroxylation is 2. The van der Waals surface area contributed by atoms with E-state index in [9.17, 15) is 4.79 Å². The first-order valence-electron chi connectivity index (χ1n) is 8.47. The van der Waals surface area contributed by atoms with E-state index in [1.807, 2.05) is 45.0 Å². The fourth-order valence-corrected chi connectivity index (χ4v) is 3.05. The van der Waals surface area contributed by atoms with Crippen LogP contribution in [0.3, 0.4) is 0 Å². The zero-order valence-corrected chi connectivity index (χ0v) is 17.4.